The molecule has 1 aromatic carbocycles. The Morgan fingerprint density at radius 1 is 1.20 bits per heavy atom. The lowest BCUT2D eigenvalue weighted by Gasteiger charge is -2.37. The van der Waals surface area contributed by atoms with Crippen LogP contribution in [0.4, 0.5) is 0 Å². The van der Waals surface area contributed by atoms with Gasteiger partial charge in [0.1, 0.15) is 0 Å². The van der Waals surface area contributed by atoms with E-state index in [2.05, 4.69) is 62.1 Å². The minimum Gasteiger partial charge on any atom is -0.330 e. The van der Waals surface area contributed by atoms with Crippen LogP contribution in [0.5, 0.6) is 0 Å². The lowest BCUT2D eigenvalue weighted by molar-refractivity contribution is 0.197. The minimum atomic E-state index is 0.308. The zero-order valence-electron chi connectivity index (χ0n) is 13.1. The number of rotatable bonds is 4. The van der Waals surface area contributed by atoms with Gasteiger partial charge in [0.15, 0.2) is 0 Å². The van der Waals surface area contributed by atoms with E-state index in [1.165, 1.54) is 12.0 Å². The number of nitrogens with zero attached hydrogens (tertiary/aromatic N) is 1. The lowest BCUT2D eigenvalue weighted by atomic mass is 9.82. The summed E-state index contributed by atoms with van der Waals surface area (Å²) in [6.07, 6.45) is 4.63. The van der Waals surface area contributed by atoms with Crippen LogP contribution in [0.25, 0.3) is 0 Å². The molecule has 2 N–H and O–H groups in total. The predicted molar refractivity (Wildman–Crippen MR) is 86.6 cm³/mol. The molecule has 0 saturated heterocycles. The fourth-order valence-electron chi connectivity index (χ4n) is 3.04. The highest BCUT2D eigenvalue weighted by atomic mass is 15.2. The van der Waals surface area contributed by atoms with E-state index < -0.39 is 0 Å². The quantitative estimate of drug-likeness (QED) is 0.846. The fraction of sp³-hybridized carbons (Fsp3) is 0.556. The third kappa shape index (κ3) is 3.71. The highest BCUT2D eigenvalue weighted by Crippen LogP contribution is 2.33. The van der Waals surface area contributed by atoms with Crippen LogP contribution in [0.15, 0.2) is 42.0 Å². The molecule has 2 nitrogen and oxygen atoms in total. The molecule has 0 spiro atoms. The first-order chi connectivity index (χ1) is 9.52. The molecule has 2 heteroatoms. The van der Waals surface area contributed by atoms with Crippen LogP contribution in [0, 0.1) is 5.41 Å². The molecule has 1 unspecified atom stereocenters. The van der Waals surface area contributed by atoms with Gasteiger partial charge in [-0.05, 0) is 30.4 Å². The summed E-state index contributed by atoms with van der Waals surface area (Å²) in [6, 6.07) is 11.2. The largest absolute Gasteiger partial charge is 0.330 e. The van der Waals surface area contributed by atoms with E-state index in [1.54, 1.807) is 5.57 Å². The maximum absolute atomic E-state index is 5.83. The first kappa shape index (κ1) is 15.3. The van der Waals surface area contributed by atoms with Gasteiger partial charge in [0, 0.05) is 19.1 Å². The third-order valence-electron chi connectivity index (χ3n) is 4.27. The van der Waals surface area contributed by atoms with Crippen LogP contribution >= 0.6 is 0 Å². The van der Waals surface area contributed by atoms with Crippen molar-refractivity contribution in [1.82, 2.24) is 4.90 Å². The van der Waals surface area contributed by atoms with Crippen molar-refractivity contribution in [3.05, 3.63) is 47.5 Å². The second kappa shape index (κ2) is 6.55. The molecule has 1 aliphatic rings. The molecule has 0 radical (unpaired) electrons. The standard InChI is InChI=1S/C18H28N2/c1-18(2,3)16-10-13-20(14-11-16)17(9-12-19)15-7-5-4-6-8-15/h4-8,10,17H,9,11-14,19H2,1-3H3. The summed E-state index contributed by atoms with van der Waals surface area (Å²) < 4.78 is 0. The van der Waals surface area contributed by atoms with E-state index in [-0.39, 0.29) is 0 Å². The number of hydrogen-bond acceptors (Lipinski definition) is 2. The lowest BCUT2D eigenvalue weighted by Crippen LogP contribution is -2.35. The summed E-state index contributed by atoms with van der Waals surface area (Å²) >= 11 is 0. The molecule has 1 atom stereocenters. The predicted octanol–water partition coefficient (Wildman–Crippen LogP) is 3.75. The highest BCUT2D eigenvalue weighted by Gasteiger charge is 2.25. The van der Waals surface area contributed by atoms with E-state index in [0.29, 0.717) is 11.5 Å². The van der Waals surface area contributed by atoms with Gasteiger partial charge in [-0.1, -0.05) is 62.8 Å². The Hall–Kier alpha value is -1.12. The zero-order chi connectivity index (χ0) is 14.6. The van der Waals surface area contributed by atoms with Crippen molar-refractivity contribution in [2.24, 2.45) is 11.1 Å². The van der Waals surface area contributed by atoms with Gasteiger partial charge in [-0.25, -0.2) is 0 Å². The Balaban J connectivity index is 2.12. The van der Waals surface area contributed by atoms with E-state index in [4.69, 9.17) is 5.73 Å². The molecular weight excluding hydrogens is 244 g/mol. The fourth-order valence-corrected chi connectivity index (χ4v) is 3.04. The van der Waals surface area contributed by atoms with E-state index in [9.17, 15) is 0 Å². The Bertz CT molecular complexity index is 442. The molecule has 20 heavy (non-hydrogen) atoms. The van der Waals surface area contributed by atoms with Crippen molar-refractivity contribution in [1.29, 1.82) is 0 Å². The Morgan fingerprint density at radius 3 is 2.40 bits per heavy atom. The first-order valence-electron chi connectivity index (χ1n) is 7.71. The number of hydrogen-bond donors (Lipinski definition) is 1. The number of nitrogens with two attached hydrogens (primary N) is 1. The van der Waals surface area contributed by atoms with Crippen LogP contribution in [-0.4, -0.2) is 24.5 Å². The summed E-state index contributed by atoms with van der Waals surface area (Å²) in [5, 5.41) is 0. The SMILES string of the molecule is CC(C)(C)C1=CCN(C(CCN)c2ccccc2)CC1. The summed E-state index contributed by atoms with van der Waals surface area (Å²) in [5.74, 6) is 0. The molecule has 110 valence electrons. The molecule has 0 amide bonds. The smallest absolute Gasteiger partial charge is 0.0363 e. The maximum atomic E-state index is 5.83. The maximum Gasteiger partial charge on any atom is 0.0363 e. The van der Waals surface area contributed by atoms with Crippen LogP contribution in [0.1, 0.15) is 45.2 Å². The molecule has 2 rings (SSSR count). The normalized spacial score (nSPS) is 18.7. The zero-order valence-corrected chi connectivity index (χ0v) is 13.1. The second-order valence-electron chi connectivity index (χ2n) is 6.73. The van der Waals surface area contributed by atoms with Gasteiger partial charge in [-0.15, -0.1) is 0 Å². The second-order valence-corrected chi connectivity index (χ2v) is 6.73. The van der Waals surface area contributed by atoms with E-state index in [1.807, 2.05) is 0 Å². The van der Waals surface area contributed by atoms with Crippen molar-refractivity contribution in [3.63, 3.8) is 0 Å². The average molecular weight is 272 g/mol. The van der Waals surface area contributed by atoms with Crippen LogP contribution in [-0.2, 0) is 0 Å². The van der Waals surface area contributed by atoms with Crippen molar-refractivity contribution in [3.8, 4) is 0 Å². The Morgan fingerprint density at radius 2 is 1.90 bits per heavy atom. The molecule has 0 saturated carbocycles. The van der Waals surface area contributed by atoms with Gasteiger partial charge >= 0.3 is 0 Å². The third-order valence-corrected chi connectivity index (χ3v) is 4.27. The van der Waals surface area contributed by atoms with Gasteiger partial charge < -0.3 is 5.73 Å². The monoisotopic (exact) mass is 272 g/mol. The minimum absolute atomic E-state index is 0.308. The first-order valence-corrected chi connectivity index (χ1v) is 7.71. The topological polar surface area (TPSA) is 29.3 Å². The van der Waals surface area contributed by atoms with Gasteiger partial charge in [-0.2, -0.15) is 0 Å². The van der Waals surface area contributed by atoms with E-state index >= 15 is 0 Å². The molecule has 1 aliphatic heterocycles. The summed E-state index contributed by atoms with van der Waals surface area (Å²) in [5.41, 5.74) is 9.12. The molecule has 0 aliphatic carbocycles. The van der Waals surface area contributed by atoms with Crippen molar-refractivity contribution < 1.29 is 0 Å². The van der Waals surface area contributed by atoms with Crippen molar-refractivity contribution in [2.45, 2.75) is 39.7 Å². The molecular formula is C18H28N2. The molecule has 0 fully saturated rings. The van der Waals surface area contributed by atoms with Crippen LogP contribution in [0.2, 0.25) is 0 Å². The average Bonchev–Trinajstić information content (AvgIpc) is 2.45. The van der Waals surface area contributed by atoms with Gasteiger partial charge in [0.05, 0.1) is 0 Å². The van der Waals surface area contributed by atoms with Gasteiger partial charge in [-0.3, -0.25) is 4.90 Å². The van der Waals surface area contributed by atoms with Gasteiger partial charge in [0.25, 0.3) is 0 Å². The molecule has 0 bridgehead atoms. The summed E-state index contributed by atoms with van der Waals surface area (Å²) in [7, 11) is 0. The Labute approximate surface area is 123 Å². The van der Waals surface area contributed by atoms with E-state index in [0.717, 1.165) is 26.1 Å². The van der Waals surface area contributed by atoms with Crippen molar-refractivity contribution in [2.75, 3.05) is 19.6 Å². The molecule has 1 aromatic rings. The molecule has 1 heterocycles. The number of benzene rings is 1. The summed E-state index contributed by atoms with van der Waals surface area (Å²) in [4.78, 5) is 2.57. The van der Waals surface area contributed by atoms with Crippen molar-refractivity contribution >= 4 is 0 Å². The van der Waals surface area contributed by atoms with Gasteiger partial charge in [0.2, 0.25) is 0 Å². The summed E-state index contributed by atoms with van der Waals surface area (Å²) in [6.45, 7) is 9.86. The van der Waals surface area contributed by atoms with Crippen LogP contribution < -0.4 is 5.73 Å². The molecule has 0 aromatic heterocycles. The highest BCUT2D eigenvalue weighted by molar-refractivity contribution is 5.21. The van der Waals surface area contributed by atoms with Crippen LogP contribution in [0.3, 0.4) is 0 Å². The Kier molecular flexibility index (Phi) is 5.00.